The van der Waals surface area contributed by atoms with Crippen molar-refractivity contribution in [3.8, 4) is 0 Å². The van der Waals surface area contributed by atoms with Crippen molar-refractivity contribution in [2.75, 3.05) is 85.6 Å². The zero-order chi connectivity index (χ0) is 43.6. The van der Waals surface area contributed by atoms with Gasteiger partial charge in [-0.25, -0.2) is 9.59 Å². The number of hydrogen-bond donors (Lipinski definition) is 5. The van der Waals surface area contributed by atoms with Crippen LogP contribution in [0.1, 0.15) is 64.7 Å². The van der Waals surface area contributed by atoms with Crippen LogP contribution in [0, 0.1) is 5.41 Å². The lowest BCUT2D eigenvalue weighted by atomic mass is 9.78. The molecule has 1 aliphatic heterocycles. The first-order valence-corrected chi connectivity index (χ1v) is 21.9. The molecule has 4 atom stereocenters. The van der Waals surface area contributed by atoms with Crippen LogP contribution < -0.4 is 21.3 Å². The number of nitrogens with one attached hydrogen (secondary N) is 4. The monoisotopic (exact) mass is 871 g/mol. The Hall–Kier alpha value is -4.41. The van der Waals surface area contributed by atoms with E-state index in [-0.39, 0.29) is 103 Å². The van der Waals surface area contributed by atoms with E-state index in [1.54, 1.807) is 0 Å². The first-order valence-electron chi connectivity index (χ1n) is 20.4. The van der Waals surface area contributed by atoms with Gasteiger partial charge in [0.1, 0.15) is 12.2 Å². The smallest absolute Gasteiger partial charge is 0.407 e. The second-order valence-corrected chi connectivity index (χ2v) is 16.1. The van der Waals surface area contributed by atoms with Crippen LogP contribution in [0.5, 0.6) is 0 Å². The maximum absolute atomic E-state index is 13.1. The van der Waals surface area contributed by atoms with E-state index in [1.165, 1.54) is 12.2 Å². The Morgan fingerprint density at radius 3 is 2.00 bits per heavy atom. The van der Waals surface area contributed by atoms with E-state index in [9.17, 15) is 41.7 Å². The molecule has 20 nitrogen and oxygen atoms in total. The summed E-state index contributed by atoms with van der Waals surface area (Å²) in [5.41, 5.74) is -0.692. The minimum absolute atomic E-state index is 0.0230. The summed E-state index contributed by atoms with van der Waals surface area (Å²) in [6.45, 7) is 3.30. The average molecular weight is 872 g/mol. The number of allylic oxidation sites excluding steroid dienone is 3. The van der Waals surface area contributed by atoms with E-state index >= 15 is 0 Å². The molecule has 0 radical (unpaired) electrons. The summed E-state index contributed by atoms with van der Waals surface area (Å²) in [5, 5.41) is 8.24. The second kappa shape index (κ2) is 27.4. The van der Waals surface area contributed by atoms with Gasteiger partial charge in [0, 0.05) is 43.7 Å². The summed E-state index contributed by atoms with van der Waals surface area (Å²) in [7, 11) is -4.83. The SMILES string of the molecule is C[C@]1(C(=O)NCCOCCOCCNC(=O)[C@H](CNC(=O)O[C@H]2CC/C=C/CCC2)S(=O)(=O)O)CC/C=C/[C@@H](OC(=O)NCCOCCOCCN2C(=O)C=CC2=O)CC1. The van der Waals surface area contributed by atoms with Crippen LogP contribution in [0.2, 0.25) is 0 Å². The number of imide groups is 1. The fourth-order valence-electron chi connectivity index (χ4n) is 6.27. The van der Waals surface area contributed by atoms with Gasteiger partial charge in [-0.05, 0) is 63.9 Å². The quantitative estimate of drug-likeness (QED) is 0.0375. The van der Waals surface area contributed by atoms with Crippen molar-refractivity contribution >= 4 is 45.9 Å². The third-order valence-corrected chi connectivity index (χ3v) is 10.9. The molecule has 3 aliphatic rings. The highest BCUT2D eigenvalue weighted by atomic mass is 32.2. The van der Waals surface area contributed by atoms with Gasteiger partial charge in [0.2, 0.25) is 11.8 Å². The Bertz CT molecular complexity index is 1590. The number of carbonyl (C=O) groups excluding carboxylic acids is 6. The predicted octanol–water partition coefficient (Wildman–Crippen LogP) is 1.31. The summed E-state index contributed by atoms with van der Waals surface area (Å²) in [6, 6.07) is 0. The molecule has 0 aromatic heterocycles. The van der Waals surface area contributed by atoms with Gasteiger partial charge in [0.25, 0.3) is 21.9 Å². The first kappa shape index (κ1) is 49.9. The van der Waals surface area contributed by atoms with Crippen LogP contribution in [0.3, 0.4) is 0 Å². The molecule has 0 bridgehead atoms. The van der Waals surface area contributed by atoms with Gasteiger partial charge in [-0.15, -0.1) is 0 Å². The summed E-state index contributed by atoms with van der Waals surface area (Å²) in [4.78, 5) is 74.3. The Morgan fingerprint density at radius 1 is 0.733 bits per heavy atom. The van der Waals surface area contributed by atoms with Crippen LogP contribution in [0.4, 0.5) is 9.59 Å². The summed E-state index contributed by atoms with van der Waals surface area (Å²) >= 11 is 0. The highest BCUT2D eigenvalue weighted by molar-refractivity contribution is 7.87. The van der Waals surface area contributed by atoms with Gasteiger partial charge in [0.15, 0.2) is 5.25 Å². The number of alkyl carbamates (subject to hydrolysis) is 2. The maximum atomic E-state index is 13.1. The fourth-order valence-corrected chi connectivity index (χ4v) is 6.92. The fraction of sp³-hybridized carbons (Fsp3) is 0.692. The van der Waals surface area contributed by atoms with Crippen LogP contribution in [-0.2, 0) is 57.7 Å². The van der Waals surface area contributed by atoms with Gasteiger partial charge < -0.3 is 49.7 Å². The molecule has 6 amide bonds. The van der Waals surface area contributed by atoms with Crippen molar-refractivity contribution in [3.63, 3.8) is 0 Å². The minimum Gasteiger partial charge on any atom is -0.446 e. The van der Waals surface area contributed by atoms with E-state index in [0.717, 1.165) is 24.2 Å². The number of amides is 6. The number of nitrogens with zero attached hydrogens (tertiary/aromatic N) is 1. The summed E-state index contributed by atoms with van der Waals surface area (Å²) in [6.07, 6.45) is 13.9. The molecule has 0 aromatic rings. The zero-order valence-corrected chi connectivity index (χ0v) is 35.1. The van der Waals surface area contributed by atoms with Crippen molar-refractivity contribution in [3.05, 3.63) is 36.5 Å². The molecule has 0 aromatic carbocycles. The lowest BCUT2D eigenvalue weighted by Gasteiger charge is -2.30. The Morgan fingerprint density at radius 2 is 1.33 bits per heavy atom. The molecular formula is C39H61N5O15S. The summed E-state index contributed by atoms with van der Waals surface area (Å²) in [5.74, 6) is -1.87. The Labute approximate surface area is 351 Å². The maximum Gasteiger partial charge on any atom is 0.407 e. The second-order valence-electron chi connectivity index (χ2n) is 14.5. The number of rotatable bonds is 25. The van der Waals surface area contributed by atoms with Gasteiger partial charge in [-0.1, -0.05) is 25.2 Å². The molecule has 0 saturated carbocycles. The summed E-state index contributed by atoms with van der Waals surface area (Å²) < 4.78 is 65.9. The first-order chi connectivity index (χ1) is 28.8. The molecule has 2 aliphatic carbocycles. The van der Waals surface area contributed by atoms with E-state index < -0.39 is 51.5 Å². The van der Waals surface area contributed by atoms with Crippen LogP contribution in [-0.4, -0.2) is 157 Å². The molecule has 0 unspecified atom stereocenters. The van der Waals surface area contributed by atoms with Gasteiger partial charge in [0.05, 0.1) is 59.4 Å². The van der Waals surface area contributed by atoms with E-state index in [0.29, 0.717) is 38.5 Å². The molecule has 60 heavy (non-hydrogen) atoms. The lowest BCUT2D eigenvalue weighted by Crippen LogP contribution is -2.48. The van der Waals surface area contributed by atoms with E-state index in [4.69, 9.17) is 28.4 Å². The molecular weight excluding hydrogens is 811 g/mol. The van der Waals surface area contributed by atoms with E-state index in [1.807, 2.05) is 25.2 Å². The molecule has 3 rings (SSSR count). The third-order valence-electron chi connectivity index (χ3n) is 9.77. The van der Waals surface area contributed by atoms with Crippen LogP contribution in [0.25, 0.3) is 0 Å². The Balaban J connectivity index is 1.19. The molecule has 338 valence electrons. The zero-order valence-electron chi connectivity index (χ0n) is 34.3. The topological polar surface area (TPSA) is 264 Å². The van der Waals surface area contributed by atoms with Crippen LogP contribution >= 0.6 is 0 Å². The predicted molar refractivity (Wildman–Crippen MR) is 215 cm³/mol. The number of hydrogen-bond acceptors (Lipinski definition) is 14. The van der Waals surface area contributed by atoms with Gasteiger partial charge in [-0.2, -0.15) is 8.42 Å². The van der Waals surface area contributed by atoms with Crippen molar-refractivity contribution < 1.29 is 70.2 Å². The number of carbonyl (C=O) groups is 6. The number of ether oxygens (including phenoxy) is 6. The molecule has 5 N–H and O–H groups in total. The highest BCUT2D eigenvalue weighted by Gasteiger charge is 2.34. The third kappa shape index (κ3) is 19.8. The average Bonchev–Trinajstić information content (AvgIpc) is 3.50. The highest BCUT2D eigenvalue weighted by Crippen LogP contribution is 2.33. The van der Waals surface area contributed by atoms with Crippen LogP contribution in [0.15, 0.2) is 36.5 Å². The van der Waals surface area contributed by atoms with Gasteiger partial charge >= 0.3 is 12.2 Å². The minimum atomic E-state index is -4.83. The largest absolute Gasteiger partial charge is 0.446 e. The Kier molecular flexibility index (Phi) is 22.8. The standard InChI is InChI=1S/C39H61N5O15S/c1-39(15-8-7-11-31(14-16-39)59-37(49)42-19-23-56-27-28-57-24-20-44-33(45)12-13-34(44)46)36(48)41-18-22-55-26-25-54-21-17-40-35(47)32(60(51,52)53)29-43-38(50)58-30-9-5-3-2-4-6-10-30/h2-3,7,11-13,30-32H,4-6,8-10,14-29H2,1H3,(H,40,47)(H,41,48)(H,42,49)(H,43,50)(H,51,52,53)/b3-2+,11-7+/t30-,31+,32-,39-/m0/s1. The normalized spacial score (nSPS) is 22.3. The van der Waals surface area contributed by atoms with Crippen molar-refractivity contribution in [2.45, 2.75) is 82.2 Å². The molecule has 0 spiro atoms. The van der Waals surface area contributed by atoms with Crippen molar-refractivity contribution in [1.82, 2.24) is 26.2 Å². The molecule has 1 heterocycles. The van der Waals surface area contributed by atoms with E-state index in [2.05, 4.69) is 27.3 Å². The van der Waals surface area contributed by atoms with Crippen molar-refractivity contribution in [1.29, 1.82) is 0 Å². The van der Waals surface area contributed by atoms with Crippen molar-refractivity contribution in [2.24, 2.45) is 5.41 Å². The lowest BCUT2D eigenvalue weighted by molar-refractivity contribution is -0.137. The molecule has 21 heteroatoms. The van der Waals surface area contributed by atoms with Gasteiger partial charge in [-0.3, -0.25) is 28.6 Å². The molecule has 0 fully saturated rings. The molecule has 0 saturated heterocycles.